The molecule has 0 bridgehead atoms. The van der Waals surface area contributed by atoms with Gasteiger partial charge in [-0.05, 0) is 40.3 Å². The molecule has 11 heavy (non-hydrogen) atoms. The van der Waals surface area contributed by atoms with Crippen molar-refractivity contribution >= 4 is 28.5 Å². The zero-order chi connectivity index (χ0) is 8.97. The van der Waals surface area contributed by atoms with E-state index in [0.717, 1.165) is 9.13 Å². The van der Waals surface area contributed by atoms with Gasteiger partial charge in [0.05, 0.1) is 6.42 Å². The smallest absolute Gasteiger partial charge is 0.221 e. The third kappa shape index (κ3) is 2.88. The molecule has 1 aromatic rings. The zero-order valence-electron chi connectivity index (χ0n) is 6.80. The van der Waals surface area contributed by atoms with Gasteiger partial charge >= 0.3 is 0 Å². The van der Waals surface area contributed by atoms with Gasteiger partial charge in [0.2, 0.25) is 5.91 Å². The fourth-order valence-electron chi connectivity index (χ4n) is 0.788. The van der Waals surface area contributed by atoms with Gasteiger partial charge in [-0.2, -0.15) is 0 Å². The molecule has 2 N–H and O–H groups in total. The molecule has 0 fully saturated rings. The molecule has 0 aromatic heterocycles. The quantitative estimate of drug-likeness (QED) is 0.802. The van der Waals surface area contributed by atoms with Crippen LogP contribution in [0.2, 0.25) is 1.41 Å². The lowest BCUT2D eigenvalue weighted by Crippen LogP contribution is -2.13. The Morgan fingerprint density at radius 1 is 1.55 bits per heavy atom. The summed E-state index contributed by atoms with van der Waals surface area (Å²) in [6.07, 6.45) is 0.278. The van der Waals surface area contributed by atoms with E-state index < -0.39 is 0 Å². The van der Waals surface area contributed by atoms with Crippen molar-refractivity contribution < 1.29 is 6.21 Å². The molecule has 1 aromatic carbocycles. The maximum absolute atomic E-state index is 10.8. The number of hydrogen-bond acceptors (Lipinski definition) is 1. The highest BCUT2D eigenvalue weighted by atomic mass is 127. The van der Waals surface area contributed by atoms with E-state index in [1.54, 1.807) is 0 Å². The van der Waals surface area contributed by atoms with Crippen LogP contribution in [0.4, 0.5) is 0 Å². The van der Waals surface area contributed by atoms with Crippen LogP contribution in [0.3, 0.4) is 0 Å². The van der Waals surface area contributed by atoms with Crippen LogP contribution in [-0.2, 0) is 11.2 Å². The summed E-state index contributed by atoms with van der Waals surface area (Å²) in [5.74, 6) is -0.281. The minimum Gasteiger partial charge on any atom is -0.369 e. The fourth-order valence-corrected chi connectivity index (χ4v) is 1.15. The molecule has 0 atom stereocenters. The summed E-state index contributed by atoms with van der Waals surface area (Å²) in [5.41, 5.74) is 2.77. The average Bonchev–Trinajstić information content (AvgIpc) is 2.09. The van der Waals surface area contributed by atoms with Crippen molar-refractivity contribution in [1.82, 2.24) is 0 Å². The van der Waals surface area contributed by atoms with Crippen LogP contribution in [0, 0.1) is 3.57 Å². The predicted molar refractivity (Wildman–Crippen MR) is 52.1 cm³/mol. The van der Waals surface area contributed by atoms with Gasteiger partial charge in [0.25, 0.3) is 0 Å². The molecule has 0 aliphatic carbocycles. The summed E-state index contributed by atoms with van der Waals surface area (Å²) in [6, 6.07) is 7.65. The minimum atomic E-state index is -0.281. The normalized spacial score (nSPS) is 10.5. The molecule has 0 aliphatic heterocycles. The molecular formula is C8H8INO. The topological polar surface area (TPSA) is 43.1 Å². The molecular weight excluding hydrogens is 253 g/mol. The summed E-state index contributed by atoms with van der Waals surface area (Å²) in [5, 5.41) is 0. The first-order valence-corrected chi connectivity index (χ1v) is 4.25. The van der Waals surface area contributed by atoms with Crippen LogP contribution in [0.1, 0.15) is 5.56 Å². The predicted octanol–water partition coefficient (Wildman–Crippen LogP) is 1.32. The second kappa shape index (κ2) is 3.71. The fraction of sp³-hybridized carbons (Fsp3) is 0.125. The van der Waals surface area contributed by atoms with Gasteiger partial charge in [0, 0.05) is 3.57 Å². The molecule has 0 heterocycles. The lowest BCUT2D eigenvalue weighted by Gasteiger charge is -1.96. The summed E-state index contributed by atoms with van der Waals surface area (Å²) >= 11 is 2.20. The Hall–Kier alpha value is -0.580. The largest absolute Gasteiger partial charge is 0.369 e. The summed E-state index contributed by atoms with van der Waals surface area (Å²) in [6.45, 7) is 0. The zero-order valence-corrected chi connectivity index (χ0v) is 7.96. The molecule has 0 spiro atoms. The number of carbonyl (C=O) groups is 1. The first-order valence-electron chi connectivity index (χ1n) is 3.67. The van der Waals surface area contributed by atoms with Crippen molar-refractivity contribution in [2.75, 3.05) is 0 Å². The van der Waals surface area contributed by atoms with Crippen LogP contribution >= 0.6 is 22.6 Å². The number of halogens is 1. The summed E-state index contributed by atoms with van der Waals surface area (Å²) in [7, 11) is 0. The molecule has 0 saturated carbocycles. The Labute approximate surface area is 80.4 Å². The number of hydrogen-bond donors (Lipinski definition) is 1. The third-order valence-corrected chi connectivity index (χ3v) is 2.00. The number of amides is 1. The first kappa shape index (κ1) is 7.09. The van der Waals surface area contributed by atoms with Crippen molar-refractivity contribution in [2.24, 2.45) is 5.73 Å². The standard InChI is InChI=1S/C8H8INO/c9-7-3-1-6(2-4-7)5-8(10)11/h1-4H,5H2,(H2,10,11)/i/hD. The highest BCUT2D eigenvalue weighted by molar-refractivity contribution is 14.1. The van der Waals surface area contributed by atoms with Crippen molar-refractivity contribution in [3.8, 4) is 0 Å². The Bertz CT molecular complexity index is 273. The van der Waals surface area contributed by atoms with Crippen molar-refractivity contribution in [2.45, 2.75) is 6.42 Å². The van der Waals surface area contributed by atoms with Crippen LogP contribution in [0.25, 0.3) is 0 Å². The lowest BCUT2D eigenvalue weighted by molar-refractivity contribution is -0.117. The Kier molecular flexibility index (Phi) is 2.39. The van der Waals surface area contributed by atoms with E-state index in [9.17, 15) is 4.79 Å². The van der Waals surface area contributed by atoms with Gasteiger partial charge in [0.1, 0.15) is 0 Å². The van der Waals surface area contributed by atoms with E-state index in [-0.39, 0.29) is 12.3 Å². The highest BCUT2D eigenvalue weighted by Gasteiger charge is 1.96. The van der Waals surface area contributed by atoms with Gasteiger partial charge in [-0.15, -0.1) is 0 Å². The van der Waals surface area contributed by atoms with Crippen molar-refractivity contribution in [3.05, 3.63) is 33.4 Å². The van der Waals surface area contributed by atoms with Crippen LogP contribution in [0.15, 0.2) is 24.3 Å². The molecule has 1 amide bonds. The molecule has 0 saturated heterocycles. The number of carbonyl (C=O) groups excluding carboxylic acids is 1. The van der Waals surface area contributed by atoms with Gasteiger partial charge in [-0.3, -0.25) is 4.79 Å². The lowest BCUT2D eigenvalue weighted by atomic mass is 10.1. The van der Waals surface area contributed by atoms with E-state index in [0.29, 0.717) is 0 Å². The highest BCUT2D eigenvalue weighted by Crippen LogP contribution is 2.06. The summed E-state index contributed by atoms with van der Waals surface area (Å²) in [4.78, 5) is 10.8. The Morgan fingerprint density at radius 2 is 2.18 bits per heavy atom. The summed E-state index contributed by atoms with van der Waals surface area (Å²) < 4.78 is 7.74. The van der Waals surface area contributed by atoms with Gasteiger partial charge in [-0.25, -0.2) is 0 Å². The average molecular weight is 262 g/mol. The van der Waals surface area contributed by atoms with E-state index >= 15 is 0 Å². The second-order valence-corrected chi connectivity index (χ2v) is 3.47. The molecule has 58 valence electrons. The Morgan fingerprint density at radius 3 is 2.73 bits per heavy atom. The van der Waals surface area contributed by atoms with Crippen LogP contribution < -0.4 is 5.73 Å². The minimum absolute atomic E-state index is 0.278. The van der Waals surface area contributed by atoms with Crippen LogP contribution in [0.5, 0.6) is 0 Å². The van der Waals surface area contributed by atoms with Gasteiger partial charge in [-0.1, -0.05) is 12.1 Å². The molecule has 1 rings (SSSR count). The van der Waals surface area contributed by atoms with Gasteiger partial charge in [0.15, 0.2) is 1.41 Å². The third-order valence-electron chi connectivity index (χ3n) is 1.28. The molecule has 0 unspecified atom stereocenters. The first-order chi connectivity index (χ1) is 5.72. The van der Waals surface area contributed by atoms with Gasteiger partial charge < -0.3 is 5.73 Å². The molecule has 0 radical (unpaired) electrons. The SMILES string of the molecule is [2H]NC(=O)Cc1ccc(I)cc1. The molecule has 2 nitrogen and oxygen atoms in total. The molecule has 3 heteroatoms. The van der Waals surface area contributed by atoms with Crippen molar-refractivity contribution in [3.63, 3.8) is 0 Å². The van der Waals surface area contributed by atoms with E-state index in [1.165, 1.54) is 0 Å². The van der Waals surface area contributed by atoms with E-state index in [4.69, 9.17) is 1.41 Å². The monoisotopic (exact) mass is 262 g/mol. The second-order valence-electron chi connectivity index (χ2n) is 2.23. The maximum atomic E-state index is 10.8. The number of nitrogens with two attached hydrogens (primary N) is 1. The van der Waals surface area contributed by atoms with E-state index in [2.05, 4.69) is 22.6 Å². The number of primary amides is 1. The van der Waals surface area contributed by atoms with Crippen molar-refractivity contribution in [1.29, 1.82) is 0 Å². The maximum Gasteiger partial charge on any atom is 0.221 e. The Balaban J connectivity index is 2.64. The van der Waals surface area contributed by atoms with E-state index in [1.807, 2.05) is 30.0 Å². The van der Waals surface area contributed by atoms with Crippen LogP contribution in [-0.4, -0.2) is 5.91 Å². The number of benzene rings is 1. The number of rotatable bonds is 2. The molecule has 0 aliphatic rings.